The summed E-state index contributed by atoms with van der Waals surface area (Å²) in [7, 11) is 1.78. The molecule has 5 nitrogen and oxygen atoms in total. The molecule has 0 radical (unpaired) electrons. The number of thiophene rings is 1. The first kappa shape index (κ1) is 15.6. The first-order valence-corrected chi connectivity index (χ1v) is 8.33. The van der Waals surface area contributed by atoms with E-state index in [-0.39, 0.29) is 29.6 Å². The van der Waals surface area contributed by atoms with Crippen molar-refractivity contribution in [2.45, 2.75) is 24.9 Å². The first-order chi connectivity index (χ1) is 11.1. The number of phenolic OH excluding ortho intramolecular Hbond substituents is 1. The van der Waals surface area contributed by atoms with Crippen LogP contribution in [0.5, 0.6) is 5.75 Å². The van der Waals surface area contributed by atoms with Crippen LogP contribution in [0.1, 0.15) is 34.1 Å². The second-order valence-electron chi connectivity index (χ2n) is 5.63. The van der Waals surface area contributed by atoms with Gasteiger partial charge < -0.3 is 15.3 Å². The molecular weight excluding hydrogens is 312 g/mol. The lowest BCUT2D eigenvalue weighted by Gasteiger charge is -2.38. The van der Waals surface area contributed by atoms with Gasteiger partial charge in [0.15, 0.2) is 0 Å². The van der Waals surface area contributed by atoms with Crippen molar-refractivity contribution >= 4 is 23.2 Å². The Kier molecular flexibility index (Phi) is 4.34. The number of hydrogen-bond acceptors (Lipinski definition) is 4. The Balaban J connectivity index is 1.82. The summed E-state index contributed by atoms with van der Waals surface area (Å²) >= 11 is 1.58. The SMILES string of the molecule is CN1C(=O)CC[C@@H](NC(=O)c2cccc(O)c2)[C@@H]1c1cccs1. The van der Waals surface area contributed by atoms with Gasteiger partial charge in [0.05, 0.1) is 12.1 Å². The lowest BCUT2D eigenvalue weighted by Crippen LogP contribution is -2.50. The fraction of sp³-hybridized carbons (Fsp3) is 0.294. The van der Waals surface area contributed by atoms with E-state index in [4.69, 9.17) is 0 Å². The summed E-state index contributed by atoms with van der Waals surface area (Å²) in [5, 5.41) is 14.5. The highest BCUT2D eigenvalue weighted by atomic mass is 32.1. The number of likely N-dealkylation sites (tertiary alicyclic amines) is 1. The third-order valence-electron chi connectivity index (χ3n) is 4.12. The number of nitrogens with zero attached hydrogens (tertiary/aromatic N) is 1. The summed E-state index contributed by atoms with van der Waals surface area (Å²) in [5.41, 5.74) is 0.412. The van der Waals surface area contributed by atoms with Crippen LogP contribution >= 0.6 is 11.3 Å². The number of rotatable bonds is 3. The molecule has 2 aromatic rings. The van der Waals surface area contributed by atoms with Crippen molar-refractivity contribution in [3.8, 4) is 5.75 Å². The molecule has 0 unspecified atom stereocenters. The van der Waals surface area contributed by atoms with Crippen LogP contribution in [0.15, 0.2) is 41.8 Å². The van der Waals surface area contributed by atoms with Crippen LogP contribution in [0.2, 0.25) is 0 Å². The highest BCUT2D eigenvalue weighted by molar-refractivity contribution is 7.10. The average Bonchev–Trinajstić information content (AvgIpc) is 3.05. The van der Waals surface area contributed by atoms with Crippen molar-refractivity contribution in [2.75, 3.05) is 7.05 Å². The van der Waals surface area contributed by atoms with Crippen molar-refractivity contribution in [1.82, 2.24) is 10.2 Å². The number of hydrogen-bond donors (Lipinski definition) is 2. The standard InChI is InChI=1S/C17H18N2O3S/c1-19-15(21)8-7-13(16(19)14-6-3-9-23-14)18-17(22)11-4-2-5-12(20)10-11/h2-6,9-10,13,16,20H,7-8H2,1H3,(H,18,22)/t13-,16-/m1/s1. The van der Waals surface area contributed by atoms with Gasteiger partial charge in [-0.2, -0.15) is 0 Å². The Morgan fingerprint density at radius 2 is 2.17 bits per heavy atom. The van der Waals surface area contributed by atoms with E-state index in [1.807, 2.05) is 17.5 Å². The van der Waals surface area contributed by atoms with Crippen molar-refractivity contribution < 1.29 is 14.7 Å². The Labute approximate surface area is 138 Å². The Bertz CT molecular complexity index is 714. The molecule has 0 bridgehead atoms. The molecule has 2 N–H and O–H groups in total. The molecule has 1 fully saturated rings. The zero-order chi connectivity index (χ0) is 16.4. The Morgan fingerprint density at radius 3 is 2.87 bits per heavy atom. The van der Waals surface area contributed by atoms with Gasteiger partial charge >= 0.3 is 0 Å². The van der Waals surface area contributed by atoms with Crippen LogP contribution in [0.25, 0.3) is 0 Å². The number of carbonyl (C=O) groups is 2. The maximum absolute atomic E-state index is 12.4. The Morgan fingerprint density at radius 1 is 1.35 bits per heavy atom. The largest absolute Gasteiger partial charge is 0.508 e. The second-order valence-corrected chi connectivity index (χ2v) is 6.61. The minimum Gasteiger partial charge on any atom is -0.508 e. The van der Waals surface area contributed by atoms with Gasteiger partial charge in [0.25, 0.3) is 5.91 Å². The van der Waals surface area contributed by atoms with E-state index in [1.165, 1.54) is 12.1 Å². The summed E-state index contributed by atoms with van der Waals surface area (Å²) in [6, 6.07) is 9.89. The van der Waals surface area contributed by atoms with E-state index in [2.05, 4.69) is 5.32 Å². The molecule has 1 saturated heterocycles. The van der Waals surface area contributed by atoms with Gasteiger partial charge in [-0.15, -0.1) is 11.3 Å². The molecule has 2 heterocycles. The molecule has 1 aromatic carbocycles. The molecule has 1 aromatic heterocycles. The van der Waals surface area contributed by atoms with Crippen LogP contribution < -0.4 is 5.32 Å². The van der Waals surface area contributed by atoms with Gasteiger partial charge in [-0.1, -0.05) is 12.1 Å². The minimum atomic E-state index is -0.241. The van der Waals surface area contributed by atoms with E-state index in [0.29, 0.717) is 18.4 Å². The van der Waals surface area contributed by atoms with E-state index < -0.39 is 0 Å². The lowest BCUT2D eigenvalue weighted by atomic mass is 9.94. The van der Waals surface area contributed by atoms with Crippen molar-refractivity contribution in [1.29, 1.82) is 0 Å². The normalized spacial score (nSPS) is 21.3. The van der Waals surface area contributed by atoms with Gasteiger partial charge in [-0.3, -0.25) is 9.59 Å². The average molecular weight is 330 g/mol. The number of likely N-dealkylation sites (N-methyl/N-ethyl adjacent to an activating group) is 1. The van der Waals surface area contributed by atoms with Crippen molar-refractivity contribution in [3.63, 3.8) is 0 Å². The number of aromatic hydroxyl groups is 1. The van der Waals surface area contributed by atoms with Crippen LogP contribution in [-0.2, 0) is 4.79 Å². The number of piperidine rings is 1. The number of benzene rings is 1. The van der Waals surface area contributed by atoms with E-state index in [0.717, 1.165) is 4.88 Å². The summed E-state index contributed by atoms with van der Waals surface area (Å²) < 4.78 is 0. The Hall–Kier alpha value is -2.34. The molecule has 0 spiro atoms. The molecule has 23 heavy (non-hydrogen) atoms. The molecule has 2 amide bonds. The van der Waals surface area contributed by atoms with Gasteiger partial charge in [-0.05, 0) is 36.1 Å². The van der Waals surface area contributed by atoms with E-state index in [1.54, 1.807) is 35.4 Å². The molecule has 3 rings (SSSR count). The van der Waals surface area contributed by atoms with Crippen molar-refractivity contribution in [3.05, 3.63) is 52.2 Å². The fourth-order valence-corrected chi connectivity index (χ4v) is 3.87. The topological polar surface area (TPSA) is 69.6 Å². The van der Waals surface area contributed by atoms with Crippen molar-refractivity contribution in [2.24, 2.45) is 0 Å². The molecule has 0 saturated carbocycles. The second kappa shape index (κ2) is 6.42. The predicted molar refractivity (Wildman–Crippen MR) is 88.4 cm³/mol. The van der Waals surface area contributed by atoms with Crippen LogP contribution in [-0.4, -0.2) is 34.9 Å². The summed E-state index contributed by atoms with van der Waals surface area (Å²) in [6.45, 7) is 0. The van der Waals surface area contributed by atoms with Gasteiger partial charge in [0.1, 0.15) is 5.75 Å². The maximum Gasteiger partial charge on any atom is 0.251 e. The van der Waals surface area contributed by atoms with E-state index >= 15 is 0 Å². The zero-order valence-electron chi connectivity index (χ0n) is 12.7. The molecule has 0 aliphatic carbocycles. The van der Waals surface area contributed by atoms with Crippen LogP contribution in [0.3, 0.4) is 0 Å². The highest BCUT2D eigenvalue weighted by Gasteiger charge is 2.36. The van der Waals surface area contributed by atoms with E-state index in [9.17, 15) is 14.7 Å². The smallest absolute Gasteiger partial charge is 0.251 e. The number of carbonyl (C=O) groups excluding carboxylic acids is 2. The zero-order valence-corrected chi connectivity index (χ0v) is 13.5. The third kappa shape index (κ3) is 3.22. The van der Waals surface area contributed by atoms with Gasteiger partial charge in [0.2, 0.25) is 5.91 Å². The summed E-state index contributed by atoms with van der Waals surface area (Å²) in [4.78, 5) is 27.2. The monoisotopic (exact) mass is 330 g/mol. The van der Waals surface area contributed by atoms with Gasteiger partial charge in [-0.25, -0.2) is 0 Å². The predicted octanol–water partition coefficient (Wildman–Crippen LogP) is 2.55. The molecule has 1 aliphatic rings. The molecular formula is C17H18N2O3S. The molecule has 120 valence electrons. The first-order valence-electron chi connectivity index (χ1n) is 7.45. The summed E-state index contributed by atoms with van der Waals surface area (Å²) in [5.74, 6) is -0.0927. The minimum absolute atomic E-state index is 0.0587. The van der Waals surface area contributed by atoms with Crippen LogP contribution in [0, 0.1) is 0 Å². The quantitative estimate of drug-likeness (QED) is 0.909. The molecule has 2 atom stereocenters. The number of nitrogens with one attached hydrogen (secondary N) is 1. The fourth-order valence-electron chi connectivity index (χ4n) is 2.94. The molecule has 1 aliphatic heterocycles. The number of amides is 2. The molecule has 6 heteroatoms. The number of phenols is 1. The summed E-state index contributed by atoms with van der Waals surface area (Å²) in [6.07, 6.45) is 1.03. The lowest BCUT2D eigenvalue weighted by molar-refractivity contribution is -0.135. The van der Waals surface area contributed by atoms with Gasteiger partial charge in [0, 0.05) is 23.9 Å². The third-order valence-corrected chi connectivity index (χ3v) is 5.06. The highest BCUT2D eigenvalue weighted by Crippen LogP contribution is 2.33. The van der Waals surface area contributed by atoms with Crippen LogP contribution in [0.4, 0.5) is 0 Å². The maximum atomic E-state index is 12.4.